The van der Waals surface area contributed by atoms with E-state index < -0.39 is 18.5 Å². The third kappa shape index (κ3) is 1.23. The van der Waals surface area contributed by atoms with E-state index in [0.717, 1.165) is 0 Å². The Morgan fingerprint density at radius 1 is 1.46 bits per heavy atom. The van der Waals surface area contributed by atoms with Crippen LogP contribution in [0.1, 0.15) is 6.92 Å². The smallest absolute Gasteiger partial charge is 0.309 e. The molecule has 2 aliphatic rings. The van der Waals surface area contributed by atoms with Gasteiger partial charge in [0.15, 0.2) is 12.4 Å². The molecule has 5 atom stereocenters. The minimum atomic E-state index is -1.10. The molecule has 0 aromatic rings. The fraction of sp³-hybridized carbons (Fsp3) is 0.875. The number of hydrogen-bond donors (Lipinski definition) is 2. The Hall–Kier alpha value is -0.650. The second-order valence-corrected chi connectivity index (χ2v) is 3.56. The predicted molar refractivity (Wildman–Crippen MR) is 40.5 cm³/mol. The van der Waals surface area contributed by atoms with Crippen molar-refractivity contribution in [3.63, 3.8) is 0 Å². The average molecular weight is 188 g/mol. The van der Waals surface area contributed by atoms with E-state index in [-0.39, 0.29) is 24.4 Å². The standard InChI is InChI=1S/C8H12O5/c1-3-5-4(9)2-12-8(11)6(5)13-7(3)10/h3-6,8-9,11H,2H2,1H3/t3-,4-,5+,6+,8?/m0/s1. The molecule has 0 spiro atoms. The summed E-state index contributed by atoms with van der Waals surface area (Å²) >= 11 is 0. The molecule has 0 aromatic carbocycles. The Labute approximate surface area is 75.3 Å². The van der Waals surface area contributed by atoms with Crippen LogP contribution in [0.3, 0.4) is 0 Å². The summed E-state index contributed by atoms with van der Waals surface area (Å²) in [6, 6.07) is 0. The summed E-state index contributed by atoms with van der Waals surface area (Å²) in [5.74, 6) is -1.08. The molecule has 0 aliphatic carbocycles. The van der Waals surface area contributed by atoms with Gasteiger partial charge in [0.2, 0.25) is 0 Å². The van der Waals surface area contributed by atoms with Crippen molar-refractivity contribution in [3.8, 4) is 0 Å². The number of carbonyl (C=O) groups excluding carboxylic acids is 1. The fourth-order valence-corrected chi connectivity index (χ4v) is 1.97. The van der Waals surface area contributed by atoms with Crippen LogP contribution in [-0.2, 0) is 14.3 Å². The molecule has 74 valence electrons. The van der Waals surface area contributed by atoms with Gasteiger partial charge in [0, 0.05) is 5.92 Å². The van der Waals surface area contributed by atoms with E-state index in [1.54, 1.807) is 6.92 Å². The lowest BCUT2D eigenvalue weighted by Crippen LogP contribution is -2.48. The molecule has 0 bridgehead atoms. The van der Waals surface area contributed by atoms with Crippen molar-refractivity contribution in [2.45, 2.75) is 25.4 Å². The molecule has 0 saturated carbocycles. The summed E-state index contributed by atoms with van der Waals surface area (Å²) in [6.07, 6.45) is -2.52. The van der Waals surface area contributed by atoms with E-state index >= 15 is 0 Å². The van der Waals surface area contributed by atoms with Crippen LogP contribution in [-0.4, -0.2) is 41.3 Å². The van der Waals surface area contributed by atoms with E-state index in [0.29, 0.717) is 0 Å². The Morgan fingerprint density at radius 2 is 2.15 bits per heavy atom. The van der Waals surface area contributed by atoms with Crippen LogP contribution in [0.15, 0.2) is 0 Å². The molecule has 2 heterocycles. The van der Waals surface area contributed by atoms with Gasteiger partial charge in [-0.15, -0.1) is 0 Å². The highest BCUT2D eigenvalue weighted by atomic mass is 16.7. The van der Waals surface area contributed by atoms with E-state index in [2.05, 4.69) is 0 Å². The number of rotatable bonds is 0. The van der Waals surface area contributed by atoms with Gasteiger partial charge in [-0.2, -0.15) is 0 Å². The van der Waals surface area contributed by atoms with Gasteiger partial charge in [0.25, 0.3) is 0 Å². The minimum Gasteiger partial charge on any atom is -0.456 e. The second-order valence-electron chi connectivity index (χ2n) is 3.56. The van der Waals surface area contributed by atoms with E-state index in [1.807, 2.05) is 0 Å². The number of ether oxygens (including phenoxy) is 2. The van der Waals surface area contributed by atoms with E-state index in [9.17, 15) is 15.0 Å². The summed E-state index contributed by atoms with van der Waals surface area (Å²) < 4.78 is 9.72. The van der Waals surface area contributed by atoms with Crippen LogP contribution < -0.4 is 0 Å². The number of aliphatic hydroxyl groups excluding tert-OH is 2. The van der Waals surface area contributed by atoms with Gasteiger partial charge in [0.05, 0.1) is 18.6 Å². The molecule has 5 nitrogen and oxygen atoms in total. The van der Waals surface area contributed by atoms with Crippen LogP contribution in [0.2, 0.25) is 0 Å². The Morgan fingerprint density at radius 3 is 2.77 bits per heavy atom. The first kappa shape index (κ1) is 8.93. The molecule has 2 saturated heterocycles. The van der Waals surface area contributed by atoms with E-state index in [4.69, 9.17) is 9.47 Å². The van der Waals surface area contributed by atoms with E-state index in [1.165, 1.54) is 0 Å². The molecule has 0 amide bonds. The summed E-state index contributed by atoms with van der Waals surface area (Å²) in [4.78, 5) is 11.1. The third-order valence-electron chi connectivity index (χ3n) is 2.74. The summed E-state index contributed by atoms with van der Waals surface area (Å²) in [5.41, 5.74) is 0. The molecule has 2 fully saturated rings. The quantitative estimate of drug-likeness (QED) is 0.471. The largest absolute Gasteiger partial charge is 0.456 e. The lowest BCUT2D eigenvalue weighted by atomic mass is 9.85. The van der Waals surface area contributed by atoms with Crippen molar-refractivity contribution >= 4 is 5.97 Å². The Kier molecular flexibility index (Phi) is 2.02. The fourth-order valence-electron chi connectivity index (χ4n) is 1.97. The van der Waals surface area contributed by atoms with Gasteiger partial charge in [-0.3, -0.25) is 4.79 Å². The van der Waals surface area contributed by atoms with Crippen molar-refractivity contribution in [2.24, 2.45) is 11.8 Å². The van der Waals surface area contributed by atoms with Gasteiger partial charge in [0.1, 0.15) is 0 Å². The molecule has 2 rings (SSSR count). The molecule has 5 heteroatoms. The van der Waals surface area contributed by atoms with Crippen molar-refractivity contribution in [1.82, 2.24) is 0 Å². The maximum Gasteiger partial charge on any atom is 0.309 e. The van der Waals surface area contributed by atoms with Gasteiger partial charge in [-0.25, -0.2) is 0 Å². The SMILES string of the molecule is C[C@@H]1C(=O)O[C@H]2C(O)OC[C@H](O)[C@@H]12. The highest BCUT2D eigenvalue weighted by Crippen LogP contribution is 2.36. The molecular weight excluding hydrogens is 176 g/mol. The van der Waals surface area contributed by atoms with Gasteiger partial charge in [-0.05, 0) is 0 Å². The third-order valence-corrected chi connectivity index (χ3v) is 2.74. The molecule has 1 unspecified atom stereocenters. The number of aliphatic hydroxyl groups is 2. The zero-order valence-corrected chi connectivity index (χ0v) is 7.21. The summed E-state index contributed by atoms with van der Waals surface area (Å²) in [6.45, 7) is 1.75. The molecule has 13 heavy (non-hydrogen) atoms. The van der Waals surface area contributed by atoms with Crippen molar-refractivity contribution in [1.29, 1.82) is 0 Å². The van der Waals surface area contributed by atoms with Gasteiger partial charge < -0.3 is 19.7 Å². The lowest BCUT2D eigenvalue weighted by Gasteiger charge is -2.33. The maximum absolute atomic E-state index is 11.1. The first-order valence-electron chi connectivity index (χ1n) is 4.29. The number of carbonyl (C=O) groups is 1. The molecule has 2 N–H and O–H groups in total. The number of esters is 1. The maximum atomic E-state index is 11.1. The van der Waals surface area contributed by atoms with Gasteiger partial charge in [-0.1, -0.05) is 6.92 Å². The molecule has 0 radical (unpaired) electrons. The van der Waals surface area contributed by atoms with Crippen LogP contribution in [0.5, 0.6) is 0 Å². The molecule has 0 aromatic heterocycles. The highest BCUT2D eigenvalue weighted by molar-refractivity contribution is 5.75. The average Bonchev–Trinajstić information content (AvgIpc) is 2.38. The summed E-state index contributed by atoms with van der Waals surface area (Å²) in [7, 11) is 0. The summed E-state index contributed by atoms with van der Waals surface area (Å²) in [5, 5.41) is 18.8. The van der Waals surface area contributed by atoms with Crippen LogP contribution in [0.4, 0.5) is 0 Å². The van der Waals surface area contributed by atoms with Crippen molar-refractivity contribution < 1.29 is 24.5 Å². The predicted octanol–water partition coefficient (Wildman–Crippen LogP) is -1.13. The number of fused-ring (bicyclic) bond motifs is 1. The minimum absolute atomic E-state index is 0.0588. The normalized spacial score (nSPS) is 50.1. The first-order valence-corrected chi connectivity index (χ1v) is 4.29. The monoisotopic (exact) mass is 188 g/mol. The molecule has 2 aliphatic heterocycles. The lowest BCUT2D eigenvalue weighted by molar-refractivity contribution is -0.228. The molecular formula is C8H12O5. The topological polar surface area (TPSA) is 76.0 Å². The van der Waals surface area contributed by atoms with Crippen LogP contribution >= 0.6 is 0 Å². The van der Waals surface area contributed by atoms with Gasteiger partial charge >= 0.3 is 5.97 Å². The van der Waals surface area contributed by atoms with Crippen molar-refractivity contribution in [2.75, 3.05) is 6.61 Å². The van der Waals surface area contributed by atoms with Crippen LogP contribution in [0, 0.1) is 11.8 Å². The zero-order chi connectivity index (χ0) is 9.59. The van der Waals surface area contributed by atoms with Crippen molar-refractivity contribution in [3.05, 3.63) is 0 Å². The zero-order valence-electron chi connectivity index (χ0n) is 7.21. The second kappa shape index (κ2) is 2.94. The Bertz CT molecular complexity index is 229. The number of hydrogen-bond acceptors (Lipinski definition) is 5. The first-order chi connectivity index (χ1) is 6.11. The Balaban J connectivity index is 2.22. The highest BCUT2D eigenvalue weighted by Gasteiger charge is 2.52. The van der Waals surface area contributed by atoms with Crippen LogP contribution in [0.25, 0.3) is 0 Å².